The number of carbonyl (C=O) groups excluding carboxylic acids is 2. The van der Waals surface area contributed by atoms with Gasteiger partial charge in [-0.25, -0.2) is 8.42 Å². The molecule has 0 saturated carbocycles. The van der Waals surface area contributed by atoms with Gasteiger partial charge in [-0.2, -0.15) is 0 Å². The standard InChI is InChI=1S/C18H20N2O4S/c1-13(21)15-5-4-6-16(12-15)19-18(22)11-14-7-9-17(10-8-14)20(2)25(3,23)24/h4-10,12H,11H2,1-3H3,(H,19,22). The molecule has 0 heterocycles. The van der Waals surface area contributed by atoms with Crippen molar-refractivity contribution in [2.75, 3.05) is 22.9 Å². The first-order valence-electron chi connectivity index (χ1n) is 7.60. The number of ketones is 1. The van der Waals surface area contributed by atoms with Gasteiger partial charge in [-0.1, -0.05) is 24.3 Å². The maximum atomic E-state index is 12.1. The van der Waals surface area contributed by atoms with E-state index < -0.39 is 10.0 Å². The molecule has 0 radical (unpaired) electrons. The van der Waals surface area contributed by atoms with Crippen LogP contribution in [0.1, 0.15) is 22.8 Å². The van der Waals surface area contributed by atoms with Gasteiger partial charge in [0.15, 0.2) is 5.78 Å². The number of sulfonamides is 1. The summed E-state index contributed by atoms with van der Waals surface area (Å²) < 4.78 is 24.2. The number of benzene rings is 2. The summed E-state index contributed by atoms with van der Waals surface area (Å²) in [6.45, 7) is 1.47. The number of anilines is 2. The maximum absolute atomic E-state index is 12.1. The number of Topliss-reactive ketones (excluding diaryl/α,β-unsaturated/α-hetero) is 1. The molecule has 25 heavy (non-hydrogen) atoms. The molecule has 0 aromatic heterocycles. The molecule has 0 atom stereocenters. The first kappa shape index (κ1) is 18.7. The lowest BCUT2D eigenvalue weighted by molar-refractivity contribution is -0.115. The molecule has 132 valence electrons. The summed E-state index contributed by atoms with van der Waals surface area (Å²) in [5.41, 5.74) is 2.38. The monoisotopic (exact) mass is 360 g/mol. The van der Waals surface area contributed by atoms with E-state index in [4.69, 9.17) is 0 Å². The van der Waals surface area contributed by atoms with Gasteiger partial charge in [-0.15, -0.1) is 0 Å². The van der Waals surface area contributed by atoms with E-state index in [1.54, 1.807) is 48.5 Å². The van der Waals surface area contributed by atoms with Crippen LogP contribution in [0, 0.1) is 0 Å². The molecule has 7 heteroatoms. The summed E-state index contributed by atoms with van der Waals surface area (Å²) in [6, 6.07) is 13.5. The van der Waals surface area contributed by atoms with Crippen molar-refractivity contribution in [1.82, 2.24) is 0 Å². The fourth-order valence-corrected chi connectivity index (χ4v) is 2.73. The van der Waals surface area contributed by atoms with E-state index in [1.807, 2.05) is 0 Å². The van der Waals surface area contributed by atoms with Crippen LogP contribution in [-0.2, 0) is 21.2 Å². The topological polar surface area (TPSA) is 83.6 Å². The van der Waals surface area contributed by atoms with Gasteiger partial charge in [0.05, 0.1) is 18.4 Å². The summed E-state index contributed by atoms with van der Waals surface area (Å²) in [4.78, 5) is 23.5. The van der Waals surface area contributed by atoms with E-state index in [-0.39, 0.29) is 18.1 Å². The highest BCUT2D eigenvalue weighted by Gasteiger charge is 2.12. The number of carbonyl (C=O) groups is 2. The van der Waals surface area contributed by atoms with E-state index >= 15 is 0 Å². The Morgan fingerprint density at radius 3 is 2.28 bits per heavy atom. The summed E-state index contributed by atoms with van der Waals surface area (Å²) >= 11 is 0. The van der Waals surface area contributed by atoms with Gasteiger partial charge in [0, 0.05) is 18.3 Å². The molecule has 0 spiro atoms. The lowest BCUT2D eigenvalue weighted by Gasteiger charge is -2.16. The van der Waals surface area contributed by atoms with Gasteiger partial charge in [0.25, 0.3) is 0 Å². The normalized spacial score (nSPS) is 11.0. The fourth-order valence-electron chi connectivity index (χ4n) is 2.22. The molecule has 0 unspecified atom stereocenters. The van der Waals surface area contributed by atoms with Crippen molar-refractivity contribution in [2.24, 2.45) is 0 Å². The smallest absolute Gasteiger partial charge is 0.231 e. The maximum Gasteiger partial charge on any atom is 0.231 e. The Morgan fingerprint density at radius 1 is 1.08 bits per heavy atom. The number of nitrogens with zero attached hydrogens (tertiary/aromatic N) is 1. The van der Waals surface area contributed by atoms with Crippen LogP contribution in [0.5, 0.6) is 0 Å². The van der Waals surface area contributed by atoms with E-state index in [1.165, 1.54) is 18.3 Å². The van der Waals surface area contributed by atoms with Crippen LogP contribution >= 0.6 is 0 Å². The minimum absolute atomic E-state index is 0.0679. The van der Waals surface area contributed by atoms with E-state index in [0.29, 0.717) is 16.9 Å². The molecule has 0 aliphatic heterocycles. The van der Waals surface area contributed by atoms with Crippen LogP contribution < -0.4 is 9.62 Å². The van der Waals surface area contributed by atoms with Crippen molar-refractivity contribution < 1.29 is 18.0 Å². The molecule has 0 bridgehead atoms. The fraction of sp³-hybridized carbons (Fsp3) is 0.222. The number of hydrogen-bond acceptors (Lipinski definition) is 4. The van der Waals surface area contributed by atoms with Crippen molar-refractivity contribution in [3.05, 3.63) is 59.7 Å². The minimum Gasteiger partial charge on any atom is -0.326 e. The van der Waals surface area contributed by atoms with Crippen molar-refractivity contribution in [2.45, 2.75) is 13.3 Å². The third-order valence-corrected chi connectivity index (χ3v) is 4.92. The molecule has 6 nitrogen and oxygen atoms in total. The Bertz CT molecular complexity index is 890. The number of hydrogen-bond donors (Lipinski definition) is 1. The van der Waals surface area contributed by atoms with Gasteiger partial charge >= 0.3 is 0 Å². The number of rotatable bonds is 6. The highest BCUT2D eigenvalue weighted by Crippen LogP contribution is 2.17. The molecule has 0 saturated heterocycles. The molecule has 0 aliphatic rings. The Morgan fingerprint density at radius 2 is 1.72 bits per heavy atom. The molecule has 0 fully saturated rings. The minimum atomic E-state index is -3.32. The molecule has 2 aromatic carbocycles. The largest absolute Gasteiger partial charge is 0.326 e. The Labute approximate surface area is 147 Å². The third-order valence-electron chi connectivity index (χ3n) is 3.71. The third kappa shape index (κ3) is 5.15. The summed E-state index contributed by atoms with van der Waals surface area (Å²) in [5, 5.41) is 2.75. The predicted molar refractivity (Wildman–Crippen MR) is 98.5 cm³/mol. The van der Waals surface area contributed by atoms with Crippen molar-refractivity contribution in [3.63, 3.8) is 0 Å². The van der Waals surface area contributed by atoms with Gasteiger partial charge in [0.2, 0.25) is 15.9 Å². The zero-order valence-electron chi connectivity index (χ0n) is 14.3. The van der Waals surface area contributed by atoms with Crippen molar-refractivity contribution >= 4 is 33.1 Å². The second-order valence-electron chi connectivity index (χ2n) is 5.76. The van der Waals surface area contributed by atoms with Crippen LogP contribution in [-0.4, -0.2) is 33.4 Å². The Kier molecular flexibility index (Phi) is 5.58. The highest BCUT2D eigenvalue weighted by atomic mass is 32.2. The summed E-state index contributed by atoms with van der Waals surface area (Å²) in [5.74, 6) is -0.286. The molecule has 2 aromatic rings. The van der Waals surface area contributed by atoms with E-state index in [2.05, 4.69) is 5.32 Å². The lowest BCUT2D eigenvalue weighted by atomic mass is 10.1. The number of nitrogens with one attached hydrogen (secondary N) is 1. The zero-order chi connectivity index (χ0) is 18.6. The molecular formula is C18H20N2O4S. The van der Waals surface area contributed by atoms with Crippen LogP contribution in [0.25, 0.3) is 0 Å². The first-order valence-corrected chi connectivity index (χ1v) is 9.45. The second-order valence-corrected chi connectivity index (χ2v) is 7.77. The summed E-state index contributed by atoms with van der Waals surface area (Å²) in [7, 11) is -1.85. The second kappa shape index (κ2) is 7.48. The van der Waals surface area contributed by atoms with Crippen molar-refractivity contribution in [3.8, 4) is 0 Å². The highest BCUT2D eigenvalue weighted by molar-refractivity contribution is 7.92. The summed E-state index contributed by atoms with van der Waals surface area (Å²) in [6.07, 6.45) is 1.27. The first-order chi connectivity index (χ1) is 11.7. The van der Waals surface area contributed by atoms with Gasteiger partial charge in [-0.3, -0.25) is 13.9 Å². The van der Waals surface area contributed by atoms with Crippen LogP contribution in [0.3, 0.4) is 0 Å². The molecule has 1 N–H and O–H groups in total. The van der Waals surface area contributed by atoms with Crippen molar-refractivity contribution in [1.29, 1.82) is 0 Å². The predicted octanol–water partition coefficient (Wildman–Crippen LogP) is 2.47. The van der Waals surface area contributed by atoms with E-state index in [9.17, 15) is 18.0 Å². The van der Waals surface area contributed by atoms with Gasteiger partial charge in [0.1, 0.15) is 0 Å². The zero-order valence-corrected chi connectivity index (χ0v) is 15.1. The molecule has 1 amide bonds. The van der Waals surface area contributed by atoms with Crippen LogP contribution in [0.4, 0.5) is 11.4 Å². The average Bonchev–Trinajstić information content (AvgIpc) is 2.54. The molecular weight excluding hydrogens is 340 g/mol. The Balaban J connectivity index is 2.04. The van der Waals surface area contributed by atoms with Crippen LogP contribution in [0.15, 0.2) is 48.5 Å². The average molecular weight is 360 g/mol. The van der Waals surface area contributed by atoms with E-state index in [0.717, 1.165) is 11.8 Å². The lowest BCUT2D eigenvalue weighted by Crippen LogP contribution is -2.24. The SMILES string of the molecule is CC(=O)c1cccc(NC(=O)Cc2ccc(N(C)S(C)(=O)=O)cc2)c1. The molecule has 0 aliphatic carbocycles. The Hall–Kier alpha value is -2.67. The quantitative estimate of drug-likeness (QED) is 0.802. The van der Waals surface area contributed by atoms with Crippen LogP contribution in [0.2, 0.25) is 0 Å². The number of amides is 1. The van der Waals surface area contributed by atoms with Gasteiger partial charge in [-0.05, 0) is 36.8 Å². The molecule has 2 rings (SSSR count). The van der Waals surface area contributed by atoms with Gasteiger partial charge < -0.3 is 5.32 Å².